The summed E-state index contributed by atoms with van der Waals surface area (Å²) in [6.45, 7) is 0.986. The van der Waals surface area contributed by atoms with Gasteiger partial charge in [0.2, 0.25) is 0 Å². The minimum absolute atomic E-state index is 0.200. The number of aliphatic hydroxyl groups is 1. The molecule has 15 heavy (non-hydrogen) atoms. The van der Waals surface area contributed by atoms with Gasteiger partial charge in [0.05, 0.1) is 11.6 Å². The molecule has 0 atom stereocenters. The first-order chi connectivity index (χ1) is 7.33. The quantitative estimate of drug-likeness (QED) is 0.826. The van der Waals surface area contributed by atoms with E-state index in [1.54, 1.807) is 12.5 Å². The highest BCUT2D eigenvalue weighted by atomic mass is 16.3. The van der Waals surface area contributed by atoms with Crippen molar-refractivity contribution >= 4 is 16.8 Å². The van der Waals surface area contributed by atoms with Crippen LogP contribution in [0.1, 0.15) is 6.42 Å². The van der Waals surface area contributed by atoms with Gasteiger partial charge in [0, 0.05) is 26.4 Å². The van der Waals surface area contributed by atoms with Crippen molar-refractivity contribution in [3.63, 3.8) is 0 Å². The molecule has 2 heterocycles. The lowest BCUT2D eigenvalue weighted by molar-refractivity contribution is 0.290. The van der Waals surface area contributed by atoms with E-state index in [0.29, 0.717) is 0 Å². The van der Waals surface area contributed by atoms with Crippen LogP contribution in [0.4, 0.5) is 5.82 Å². The minimum atomic E-state index is 0.200. The highest BCUT2D eigenvalue weighted by molar-refractivity contribution is 5.88. The number of nitrogens with zero attached hydrogens (tertiary/aromatic N) is 2. The number of rotatable bonds is 4. The van der Waals surface area contributed by atoms with Crippen molar-refractivity contribution in [1.29, 1.82) is 0 Å². The molecule has 1 N–H and O–H groups in total. The van der Waals surface area contributed by atoms with Crippen LogP contribution in [0, 0.1) is 0 Å². The monoisotopic (exact) mass is 206 g/mol. The van der Waals surface area contributed by atoms with E-state index in [1.807, 2.05) is 24.1 Å². The van der Waals surface area contributed by atoms with Crippen LogP contribution < -0.4 is 4.90 Å². The topological polar surface area (TPSA) is 49.5 Å². The Kier molecular flexibility index (Phi) is 2.87. The third-order valence-corrected chi connectivity index (χ3v) is 2.37. The van der Waals surface area contributed by atoms with Crippen LogP contribution in [0.3, 0.4) is 0 Å². The molecule has 0 bridgehead atoms. The lowest BCUT2D eigenvalue weighted by Gasteiger charge is -2.17. The predicted octanol–water partition coefficient (Wildman–Crippen LogP) is 1.65. The largest absolute Gasteiger partial charge is 0.464 e. The lowest BCUT2D eigenvalue weighted by Crippen LogP contribution is -2.20. The van der Waals surface area contributed by atoms with Crippen LogP contribution in [0.2, 0.25) is 0 Å². The highest BCUT2D eigenvalue weighted by Crippen LogP contribution is 2.24. The standard InChI is InChI=1S/C11H14N2O2/c1-13(6-2-7-14)11-9-4-8-15-10(9)3-5-12-11/h3-5,8,14H,2,6-7H2,1H3. The molecule has 80 valence electrons. The van der Waals surface area contributed by atoms with Gasteiger partial charge in [-0.15, -0.1) is 0 Å². The average Bonchev–Trinajstić information content (AvgIpc) is 2.73. The molecule has 0 saturated carbocycles. The maximum absolute atomic E-state index is 8.77. The minimum Gasteiger partial charge on any atom is -0.464 e. The number of aliphatic hydroxyl groups excluding tert-OH is 1. The lowest BCUT2D eigenvalue weighted by atomic mass is 10.3. The molecule has 0 aliphatic heterocycles. The average molecular weight is 206 g/mol. The summed E-state index contributed by atoms with van der Waals surface area (Å²) in [5.41, 5.74) is 0.843. The molecule has 2 aromatic rings. The van der Waals surface area contributed by atoms with Gasteiger partial charge in [-0.1, -0.05) is 0 Å². The third-order valence-electron chi connectivity index (χ3n) is 2.37. The van der Waals surface area contributed by atoms with Crippen molar-refractivity contribution in [3.8, 4) is 0 Å². The summed E-state index contributed by atoms with van der Waals surface area (Å²) in [6.07, 6.45) is 4.14. The molecular weight excluding hydrogens is 192 g/mol. The Bertz CT molecular complexity index is 439. The molecule has 0 saturated heterocycles. The van der Waals surface area contributed by atoms with Crippen molar-refractivity contribution in [1.82, 2.24) is 4.98 Å². The molecule has 4 nitrogen and oxygen atoms in total. The molecule has 0 aromatic carbocycles. The second-order valence-corrected chi connectivity index (χ2v) is 3.47. The molecule has 0 fully saturated rings. The van der Waals surface area contributed by atoms with Gasteiger partial charge in [-0.05, 0) is 18.6 Å². The molecule has 4 heteroatoms. The second-order valence-electron chi connectivity index (χ2n) is 3.47. The van der Waals surface area contributed by atoms with Crippen molar-refractivity contribution < 1.29 is 9.52 Å². The summed E-state index contributed by atoms with van der Waals surface area (Å²) in [6, 6.07) is 3.76. The van der Waals surface area contributed by atoms with E-state index in [4.69, 9.17) is 9.52 Å². The van der Waals surface area contributed by atoms with Crippen LogP contribution in [0.5, 0.6) is 0 Å². The first kappa shape index (κ1) is 9.98. The van der Waals surface area contributed by atoms with E-state index in [1.165, 1.54) is 0 Å². The summed E-state index contributed by atoms with van der Waals surface area (Å²) >= 11 is 0. The van der Waals surface area contributed by atoms with Gasteiger partial charge in [0.1, 0.15) is 11.4 Å². The second kappa shape index (κ2) is 4.31. The van der Waals surface area contributed by atoms with Crippen molar-refractivity contribution in [2.45, 2.75) is 6.42 Å². The summed E-state index contributed by atoms with van der Waals surface area (Å²) < 4.78 is 5.30. The van der Waals surface area contributed by atoms with Crippen LogP contribution in [-0.4, -0.2) is 30.3 Å². The predicted molar refractivity (Wildman–Crippen MR) is 59.0 cm³/mol. The Labute approximate surface area is 88.1 Å². The SMILES string of the molecule is CN(CCCO)c1nccc2occc12. The fourth-order valence-electron chi connectivity index (χ4n) is 1.60. The van der Waals surface area contributed by atoms with Gasteiger partial charge < -0.3 is 14.4 Å². The van der Waals surface area contributed by atoms with E-state index < -0.39 is 0 Å². The van der Waals surface area contributed by atoms with Gasteiger partial charge >= 0.3 is 0 Å². The van der Waals surface area contributed by atoms with E-state index in [-0.39, 0.29) is 6.61 Å². The maximum Gasteiger partial charge on any atom is 0.139 e. The summed E-state index contributed by atoms with van der Waals surface area (Å²) in [7, 11) is 1.96. The fourth-order valence-corrected chi connectivity index (χ4v) is 1.60. The molecule has 0 aliphatic carbocycles. The molecule has 2 aromatic heterocycles. The van der Waals surface area contributed by atoms with Crippen LogP contribution in [0.25, 0.3) is 11.0 Å². The number of hydrogen-bond donors (Lipinski definition) is 1. The first-order valence-electron chi connectivity index (χ1n) is 4.97. The molecular formula is C11H14N2O2. The number of anilines is 1. The Balaban J connectivity index is 2.29. The number of fused-ring (bicyclic) bond motifs is 1. The number of pyridine rings is 1. The fraction of sp³-hybridized carbons (Fsp3) is 0.364. The van der Waals surface area contributed by atoms with Gasteiger partial charge in [-0.2, -0.15) is 0 Å². The highest BCUT2D eigenvalue weighted by Gasteiger charge is 2.08. The van der Waals surface area contributed by atoms with E-state index in [9.17, 15) is 0 Å². The normalized spacial score (nSPS) is 10.8. The first-order valence-corrected chi connectivity index (χ1v) is 4.97. The Hall–Kier alpha value is -1.55. The number of aromatic nitrogens is 1. The smallest absolute Gasteiger partial charge is 0.139 e. The molecule has 0 aliphatic rings. The Morgan fingerprint density at radius 1 is 1.47 bits per heavy atom. The molecule has 0 unspecified atom stereocenters. The van der Waals surface area contributed by atoms with Crippen molar-refractivity contribution in [3.05, 3.63) is 24.6 Å². The Morgan fingerprint density at radius 3 is 3.13 bits per heavy atom. The zero-order chi connectivity index (χ0) is 10.7. The molecule has 0 amide bonds. The molecule has 0 radical (unpaired) electrons. The Morgan fingerprint density at radius 2 is 2.33 bits per heavy atom. The third kappa shape index (κ3) is 1.94. The maximum atomic E-state index is 8.77. The summed E-state index contributed by atoms with van der Waals surface area (Å²) in [5, 5.41) is 9.78. The molecule has 2 rings (SSSR count). The van der Waals surface area contributed by atoms with Crippen LogP contribution in [0.15, 0.2) is 29.0 Å². The van der Waals surface area contributed by atoms with Crippen molar-refractivity contribution in [2.24, 2.45) is 0 Å². The molecule has 0 spiro atoms. The summed E-state index contributed by atoms with van der Waals surface area (Å²) in [5.74, 6) is 0.898. The zero-order valence-electron chi connectivity index (χ0n) is 8.68. The van der Waals surface area contributed by atoms with Gasteiger partial charge in [-0.25, -0.2) is 4.98 Å². The zero-order valence-corrected chi connectivity index (χ0v) is 8.68. The van der Waals surface area contributed by atoms with E-state index in [0.717, 1.165) is 29.8 Å². The van der Waals surface area contributed by atoms with E-state index >= 15 is 0 Å². The van der Waals surface area contributed by atoms with Gasteiger partial charge in [-0.3, -0.25) is 0 Å². The summed E-state index contributed by atoms with van der Waals surface area (Å²) in [4.78, 5) is 6.34. The van der Waals surface area contributed by atoms with Gasteiger partial charge in [0.15, 0.2) is 0 Å². The van der Waals surface area contributed by atoms with Gasteiger partial charge in [0.25, 0.3) is 0 Å². The number of hydrogen-bond acceptors (Lipinski definition) is 4. The van der Waals surface area contributed by atoms with Crippen LogP contribution >= 0.6 is 0 Å². The number of furan rings is 1. The van der Waals surface area contributed by atoms with E-state index in [2.05, 4.69) is 4.98 Å². The van der Waals surface area contributed by atoms with Crippen molar-refractivity contribution in [2.75, 3.05) is 25.1 Å². The van der Waals surface area contributed by atoms with Crippen LogP contribution in [-0.2, 0) is 0 Å².